The maximum Gasteiger partial charge on any atom is 0.282 e. The molecule has 3 amide bonds. The van der Waals surface area contributed by atoms with Crippen molar-refractivity contribution in [3.8, 4) is 0 Å². The van der Waals surface area contributed by atoms with Crippen LogP contribution in [0.1, 0.15) is 46.0 Å². The van der Waals surface area contributed by atoms with Crippen LogP contribution in [0.3, 0.4) is 0 Å². The van der Waals surface area contributed by atoms with Gasteiger partial charge in [0.05, 0.1) is 16.8 Å². The number of nitrogens with zero attached hydrogens (tertiary/aromatic N) is 3. The van der Waals surface area contributed by atoms with Crippen LogP contribution < -0.4 is 0 Å². The lowest BCUT2D eigenvalue weighted by molar-refractivity contribution is -0.385. The van der Waals surface area contributed by atoms with Gasteiger partial charge in [-0.15, -0.1) is 0 Å². The van der Waals surface area contributed by atoms with Crippen LogP contribution in [0.5, 0.6) is 0 Å². The van der Waals surface area contributed by atoms with Crippen LogP contribution in [-0.4, -0.2) is 45.0 Å². The van der Waals surface area contributed by atoms with Gasteiger partial charge in [-0.3, -0.25) is 29.3 Å². The number of ketones is 1. The Morgan fingerprint density at radius 2 is 1.68 bits per heavy atom. The zero-order valence-corrected chi connectivity index (χ0v) is 18.8. The van der Waals surface area contributed by atoms with E-state index in [1.54, 1.807) is 24.3 Å². The molecule has 0 spiro atoms. The quantitative estimate of drug-likeness (QED) is 0.214. The van der Waals surface area contributed by atoms with Crippen molar-refractivity contribution in [3.05, 3.63) is 87.0 Å². The number of nitro benzene ring substituents is 1. The van der Waals surface area contributed by atoms with Crippen molar-refractivity contribution in [2.24, 2.45) is 11.8 Å². The zero-order chi connectivity index (χ0) is 24.6. The molecule has 0 aromatic heterocycles. The molecule has 0 radical (unpaired) electrons. The summed E-state index contributed by atoms with van der Waals surface area (Å²) < 4.78 is 0. The van der Waals surface area contributed by atoms with Gasteiger partial charge in [0.1, 0.15) is 12.1 Å². The van der Waals surface area contributed by atoms with Gasteiger partial charge in [0.2, 0.25) is 0 Å². The summed E-state index contributed by atoms with van der Waals surface area (Å²) in [5.74, 6) is -3.89. The van der Waals surface area contributed by atoms with Crippen molar-refractivity contribution in [1.29, 1.82) is 0 Å². The molecule has 2 atom stereocenters. The molecule has 9 nitrogen and oxygen atoms in total. The lowest BCUT2D eigenvalue weighted by Crippen LogP contribution is -2.52. The number of hydrogen-bond acceptors (Lipinski definition) is 6. The van der Waals surface area contributed by atoms with E-state index >= 15 is 0 Å². The predicted molar refractivity (Wildman–Crippen MR) is 121 cm³/mol. The molecular formula is C25H23N3O6. The first-order chi connectivity index (χ1) is 16.2. The number of Topliss-reactive ketones (excluding diaryl/α,β-unsaturated/α-hetero) is 1. The number of imide groups is 1. The second kappa shape index (κ2) is 9.01. The van der Waals surface area contributed by atoms with Gasteiger partial charge in [0, 0.05) is 11.6 Å². The van der Waals surface area contributed by atoms with Crippen molar-refractivity contribution in [3.63, 3.8) is 0 Å². The maximum atomic E-state index is 13.5. The van der Waals surface area contributed by atoms with Crippen LogP contribution in [0.2, 0.25) is 0 Å². The number of rotatable bonds is 6. The molecule has 1 heterocycles. The minimum Gasteiger partial charge on any atom is -0.292 e. The Bertz CT molecular complexity index is 1230. The molecule has 1 aliphatic heterocycles. The van der Waals surface area contributed by atoms with Gasteiger partial charge in [0.15, 0.2) is 5.78 Å². The fourth-order valence-electron chi connectivity index (χ4n) is 4.41. The predicted octanol–water partition coefficient (Wildman–Crippen LogP) is 3.48. The molecule has 1 saturated heterocycles. The molecule has 0 unspecified atom stereocenters. The first kappa shape index (κ1) is 23.0. The normalized spacial score (nSPS) is 19.5. The van der Waals surface area contributed by atoms with Crippen molar-refractivity contribution in [1.82, 2.24) is 10.0 Å². The van der Waals surface area contributed by atoms with Crippen LogP contribution in [0.25, 0.3) is 0 Å². The summed E-state index contributed by atoms with van der Waals surface area (Å²) >= 11 is 0. The number of nitro groups is 1. The Labute approximate surface area is 195 Å². The van der Waals surface area contributed by atoms with E-state index < -0.39 is 52.5 Å². The number of para-hydroxylation sites is 1. The van der Waals surface area contributed by atoms with E-state index in [4.69, 9.17) is 0 Å². The molecule has 4 rings (SSSR count). The van der Waals surface area contributed by atoms with Crippen molar-refractivity contribution in [2.75, 3.05) is 6.54 Å². The van der Waals surface area contributed by atoms with E-state index in [-0.39, 0.29) is 5.56 Å². The molecule has 174 valence electrons. The summed E-state index contributed by atoms with van der Waals surface area (Å²) in [6, 6.07) is 11.9. The van der Waals surface area contributed by atoms with E-state index in [2.05, 4.69) is 0 Å². The van der Waals surface area contributed by atoms with E-state index in [0.29, 0.717) is 18.4 Å². The number of amides is 3. The largest absolute Gasteiger partial charge is 0.292 e. The number of allylic oxidation sites excluding steroid dienone is 2. The summed E-state index contributed by atoms with van der Waals surface area (Å²) in [6.45, 7) is 3.11. The second-order valence-corrected chi connectivity index (χ2v) is 8.62. The van der Waals surface area contributed by atoms with Gasteiger partial charge < -0.3 is 0 Å². The number of fused-ring (bicyclic) bond motifs is 1. The first-order valence-electron chi connectivity index (χ1n) is 10.9. The highest BCUT2D eigenvalue weighted by molar-refractivity contribution is 6.10. The average Bonchev–Trinajstić information content (AvgIpc) is 3.06. The highest BCUT2D eigenvalue weighted by atomic mass is 16.6. The Morgan fingerprint density at radius 3 is 2.35 bits per heavy atom. The Morgan fingerprint density at radius 1 is 1.03 bits per heavy atom. The highest BCUT2D eigenvalue weighted by Gasteiger charge is 2.52. The molecule has 1 fully saturated rings. The minimum atomic E-state index is -0.960. The fourth-order valence-corrected chi connectivity index (χ4v) is 4.41. The van der Waals surface area contributed by atoms with Gasteiger partial charge in [0.25, 0.3) is 23.4 Å². The van der Waals surface area contributed by atoms with Gasteiger partial charge in [-0.1, -0.05) is 53.6 Å². The summed E-state index contributed by atoms with van der Waals surface area (Å²) in [6.07, 6.45) is 2.63. The third-order valence-corrected chi connectivity index (χ3v) is 6.27. The van der Waals surface area contributed by atoms with Crippen molar-refractivity contribution >= 4 is 29.2 Å². The number of hydrogen-bond donors (Lipinski definition) is 0. The Balaban J connectivity index is 1.74. The molecule has 0 saturated carbocycles. The van der Waals surface area contributed by atoms with Crippen LogP contribution in [-0.2, 0) is 9.59 Å². The van der Waals surface area contributed by atoms with Crippen LogP contribution in [0.4, 0.5) is 5.69 Å². The molecule has 2 aliphatic rings. The van der Waals surface area contributed by atoms with Crippen LogP contribution in [0, 0.1) is 28.9 Å². The fraction of sp³-hybridized carbons (Fsp3) is 0.280. The van der Waals surface area contributed by atoms with Crippen LogP contribution in [0.15, 0.2) is 60.2 Å². The molecule has 1 aliphatic carbocycles. The van der Waals surface area contributed by atoms with Gasteiger partial charge in [-0.25, -0.2) is 5.01 Å². The first-order valence-corrected chi connectivity index (χ1v) is 10.9. The highest BCUT2D eigenvalue weighted by Crippen LogP contribution is 2.39. The summed E-state index contributed by atoms with van der Waals surface area (Å²) in [5, 5.41) is 13.0. The molecule has 9 heteroatoms. The van der Waals surface area contributed by atoms with Gasteiger partial charge in [-0.05, 0) is 32.8 Å². The Hall–Kier alpha value is -4.14. The molecular weight excluding hydrogens is 438 g/mol. The topological polar surface area (TPSA) is 118 Å². The number of benzene rings is 2. The molecule has 0 N–H and O–H groups in total. The Kier molecular flexibility index (Phi) is 6.10. The molecule has 0 bridgehead atoms. The van der Waals surface area contributed by atoms with Gasteiger partial charge >= 0.3 is 0 Å². The summed E-state index contributed by atoms with van der Waals surface area (Å²) in [7, 11) is 0. The monoisotopic (exact) mass is 461 g/mol. The third kappa shape index (κ3) is 4.12. The number of carbonyl (C=O) groups is 4. The van der Waals surface area contributed by atoms with Crippen molar-refractivity contribution in [2.45, 2.75) is 26.7 Å². The summed E-state index contributed by atoms with van der Waals surface area (Å²) in [4.78, 5) is 64.0. The van der Waals surface area contributed by atoms with E-state index in [1.807, 2.05) is 19.9 Å². The zero-order valence-electron chi connectivity index (χ0n) is 18.8. The average molecular weight is 461 g/mol. The molecule has 2 aromatic rings. The number of carbonyl (C=O) groups excluding carboxylic acids is 4. The molecule has 2 aromatic carbocycles. The lowest BCUT2D eigenvalue weighted by atomic mass is 9.82. The smallest absolute Gasteiger partial charge is 0.282 e. The standard InChI is InChI=1S/C25H23N3O6/c1-15-7-10-17(11-8-15)22(29)14-26(23(30)19-5-3-4-6-21(19)28(33)34)27-24(31)18-12-9-16(2)13-20(18)25(27)32/h3-11,18,20H,12-14H2,1-2H3/t18-,20-/m1/s1. The number of aryl methyl sites for hydroxylation is 1. The minimum absolute atomic E-state index is 0.292. The second-order valence-electron chi connectivity index (χ2n) is 8.62. The SMILES string of the molecule is CC1=CC[C@H]2C(=O)N(N(CC(=O)c3ccc(C)cc3)C(=O)c3ccccc3[N+](=O)[O-])C(=O)[C@@H]2C1. The lowest BCUT2D eigenvalue weighted by Gasteiger charge is -2.30. The van der Waals surface area contributed by atoms with E-state index in [9.17, 15) is 29.3 Å². The van der Waals surface area contributed by atoms with Gasteiger partial charge in [-0.2, -0.15) is 5.01 Å². The molecule has 34 heavy (non-hydrogen) atoms. The number of hydrazine groups is 1. The summed E-state index contributed by atoms with van der Waals surface area (Å²) in [5.41, 5.74) is 1.40. The third-order valence-electron chi connectivity index (χ3n) is 6.27. The van der Waals surface area contributed by atoms with Crippen molar-refractivity contribution < 1.29 is 24.1 Å². The van der Waals surface area contributed by atoms with E-state index in [1.165, 1.54) is 18.2 Å². The van der Waals surface area contributed by atoms with Crippen LogP contribution >= 0.6 is 0 Å². The van der Waals surface area contributed by atoms with E-state index in [0.717, 1.165) is 27.2 Å². The maximum absolute atomic E-state index is 13.5.